The number of nitrogens with two attached hydrogens (primary N) is 1. The number of hydrogen-bond donors (Lipinski definition) is 2. The van der Waals surface area contributed by atoms with Gasteiger partial charge in [-0.25, -0.2) is 4.79 Å². The number of carbonyl (C=O) groups excluding carboxylic acids is 2. The van der Waals surface area contributed by atoms with Crippen molar-refractivity contribution in [3.8, 4) is 0 Å². The van der Waals surface area contributed by atoms with Gasteiger partial charge in [0.1, 0.15) is 0 Å². The third-order valence-electron chi connectivity index (χ3n) is 3.53. The molecule has 0 saturated carbocycles. The van der Waals surface area contributed by atoms with Crippen LogP contribution in [0.15, 0.2) is 24.3 Å². The van der Waals surface area contributed by atoms with Gasteiger partial charge in [-0.3, -0.25) is 4.79 Å². The first-order chi connectivity index (χ1) is 10.1. The molecule has 1 aliphatic heterocycles. The molecule has 2 rings (SSSR count). The van der Waals surface area contributed by atoms with E-state index in [2.05, 4.69) is 5.32 Å². The molecule has 0 aliphatic carbocycles. The molecule has 6 nitrogen and oxygen atoms in total. The van der Waals surface area contributed by atoms with Crippen molar-refractivity contribution >= 4 is 17.7 Å². The number of hydrogen-bond acceptors (Lipinski definition) is 4. The van der Waals surface area contributed by atoms with E-state index in [-0.39, 0.29) is 18.0 Å². The average Bonchev–Trinajstić information content (AvgIpc) is 2.49. The summed E-state index contributed by atoms with van der Waals surface area (Å²) >= 11 is 0. The number of carbonyl (C=O) groups is 2. The molecule has 0 radical (unpaired) electrons. The summed E-state index contributed by atoms with van der Waals surface area (Å²) in [5.74, 6) is -0.107. The highest BCUT2D eigenvalue weighted by Crippen LogP contribution is 2.13. The maximum Gasteiger partial charge on any atom is 0.409 e. The van der Waals surface area contributed by atoms with Crippen molar-refractivity contribution in [3.05, 3.63) is 29.8 Å². The number of amides is 2. The Labute approximate surface area is 124 Å². The van der Waals surface area contributed by atoms with Crippen LogP contribution < -0.4 is 11.1 Å². The van der Waals surface area contributed by atoms with Gasteiger partial charge in [0.15, 0.2) is 0 Å². The monoisotopic (exact) mass is 291 g/mol. The molecule has 0 bridgehead atoms. The largest absolute Gasteiger partial charge is 0.450 e. The SMILES string of the molecule is CCOC(=O)N1CCC(NC(=O)c2ccc(N)cc2)CC1. The Bertz CT molecular complexity index is 493. The van der Waals surface area contributed by atoms with Gasteiger partial charge in [-0.05, 0) is 44.0 Å². The standard InChI is InChI=1S/C15H21N3O3/c1-2-21-15(20)18-9-7-13(8-10-18)17-14(19)11-3-5-12(16)6-4-11/h3-6,13H,2,7-10,16H2,1H3,(H,17,19). The van der Waals surface area contributed by atoms with Crippen molar-refractivity contribution in [1.82, 2.24) is 10.2 Å². The summed E-state index contributed by atoms with van der Waals surface area (Å²) < 4.78 is 4.97. The van der Waals surface area contributed by atoms with E-state index < -0.39 is 0 Å². The fraction of sp³-hybridized carbons (Fsp3) is 0.467. The van der Waals surface area contributed by atoms with E-state index in [1.54, 1.807) is 36.1 Å². The second-order valence-electron chi connectivity index (χ2n) is 5.06. The lowest BCUT2D eigenvalue weighted by atomic mass is 10.0. The smallest absolute Gasteiger partial charge is 0.409 e. The number of ether oxygens (including phenoxy) is 1. The van der Waals surface area contributed by atoms with Crippen LogP contribution in [0.25, 0.3) is 0 Å². The second-order valence-corrected chi connectivity index (χ2v) is 5.06. The van der Waals surface area contributed by atoms with E-state index in [9.17, 15) is 9.59 Å². The Morgan fingerprint density at radius 3 is 2.48 bits per heavy atom. The number of piperidine rings is 1. The maximum absolute atomic E-state index is 12.1. The topological polar surface area (TPSA) is 84.7 Å². The number of likely N-dealkylation sites (tertiary alicyclic amines) is 1. The summed E-state index contributed by atoms with van der Waals surface area (Å²) in [5.41, 5.74) is 6.83. The van der Waals surface area contributed by atoms with Crippen LogP contribution in [0, 0.1) is 0 Å². The van der Waals surface area contributed by atoms with Crippen LogP contribution in [-0.4, -0.2) is 42.6 Å². The highest BCUT2D eigenvalue weighted by molar-refractivity contribution is 5.94. The molecule has 1 aliphatic rings. The van der Waals surface area contributed by atoms with Gasteiger partial charge in [0, 0.05) is 30.4 Å². The fourth-order valence-electron chi connectivity index (χ4n) is 2.32. The molecule has 0 atom stereocenters. The lowest BCUT2D eigenvalue weighted by Gasteiger charge is -2.31. The van der Waals surface area contributed by atoms with Crippen molar-refractivity contribution in [1.29, 1.82) is 0 Å². The Kier molecular flexibility index (Phi) is 5.03. The van der Waals surface area contributed by atoms with Crippen molar-refractivity contribution in [3.63, 3.8) is 0 Å². The number of rotatable bonds is 3. The number of nitrogens with zero attached hydrogens (tertiary/aromatic N) is 1. The average molecular weight is 291 g/mol. The number of benzene rings is 1. The molecule has 1 aromatic rings. The van der Waals surface area contributed by atoms with Crippen molar-refractivity contribution < 1.29 is 14.3 Å². The highest BCUT2D eigenvalue weighted by atomic mass is 16.6. The first-order valence-electron chi connectivity index (χ1n) is 7.18. The summed E-state index contributed by atoms with van der Waals surface area (Å²) in [6, 6.07) is 6.91. The highest BCUT2D eigenvalue weighted by Gasteiger charge is 2.24. The van der Waals surface area contributed by atoms with Crippen LogP contribution in [0.1, 0.15) is 30.1 Å². The van der Waals surface area contributed by atoms with Crippen LogP contribution in [0.5, 0.6) is 0 Å². The van der Waals surface area contributed by atoms with E-state index in [0.717, 1.165) is 12.8 Å². The minimum atomic E-state index is -0.277. The molecule has 1 fully saturated rings. The molecule has 6 heteroatoms. The molecule has 1 aromatic carbocycles. The van der Waals surface area contributed by atoms with Crippen LogP contribution in [0.2, 0.25) is 0 Å². The predicted molar refractivity (Wildman–Crippen MR) is 79.9 cm³/mol. The van der Waals surface area contributed by atoms with E-state index in [1.165, 1.54) is 0 Å². The maximum atomic E-state index is 12.1. The first kappa shape index (κ1) is 15.2. The lowest BCUT2D eigenvalue weighted by Crippen LogP contribution is -2.46. The van der Waals surface area contributed by atoms with Crippen LogP contribution in [0.4, 0.5) is 10.5 Å². The van der Waals surface area contributed by atoms with Crippen molar-refractivity contribution in [2.75, 3.05) is 25.4 Å². The van der Waals surface area contributed by atoms with Gasteiger partial charge in [-0.2, -0.15) is 0 Å². The van der Waals surface area contributed by atoms with Crippen molar-refractivity contribution in [2.45, 2.75) is 25.8 Å². The molecule has 0 unspecified atom stereocenters. The molecule has 1 heterocycles. The van der Waals surface area contributed by atoms with Gasteiger partial charge in [0.2, 0.25) is 0 Å². The summed E-state index contributed by atoms with van der Waals surface area (Å²) in [6.45, 7) is 3.38. The predicted octanol–water partition coefficient (Wildman–Crippen LogP) is 1.62. The molecule has 2 amide bonds. The quantitative estimate of drug-likeness (QED) is 0.829. The molecule has 21 heavy (non-hydrogen) atoms. The summed E-state index contributed by atoms with van der Waals surface area (Å²) in [5, 5.41) is 2.99. The van der Waals surface area contributed by atoms with Crippen molar-refractivity contribution in [2.24, 2.45) is 0 Å². The Hall–Kier alpha value is -2.24. The van der Waals surface area contributed by atoms with E-state index in [1.807, 2.05) is 0 Å². The molecule has 114 valence electrons. The van der Waals surface area contributed by atoms with E-state index >= 15 is 0 Å². The third-order valence-corrected chi connectivity index (χ3v) is 3.53. The number of nitrogens with one attached hydrogen (secondary N) is 1. The van der Waals surface area contributed by atoms with Gasteiger partial charge >= 0.3 is 6.09 Å². The number of nitrogen functional groups attached to an aromatic ring is 1. The molecule has 3 N–H and O–H groups in total. The molecule has 1 saturated heterocycles. The zero-order valence-electron chi connectivity index (χ0n) is 12.2. The molecule has 0 spiro atoms. The minimum absolute atomic E-state index is 0.0840. The summed E-state index contributed by atoms with van der Waals surface area (Å²) in [4.78, 5) is 25.3. The Balaban J connectivity index is 1.82. The van der Waals surface area contributed by atoms with Crippen LogP contribution in [-0.2, 0) is 4.74 Å². The zero-order chi connectivity index (χ0) is 15.2. The van der Waals surface area contributed by atoms with Gasteiger partial charge in [0.05, 0.1) is 6.61 Å². The van der Waals surface area contributed by atoms with E-state index in [0.29, 0.717) is 30.9 Å². The normalized spacial score (nSPS) is 15.6. The molecular formula is C15H21N3O3. The second kappa shape index (κ2) is 6.97. The van der Waals surface area contributed by atoms with Gasteiger partial charge in [-0.15, -0.1) is 0 Å². The molecule has 0 aromatic heterocycles. The summed E-state index contributed by atoms with van der Waals surface area (Å²) in [7, 11) is 0. The van der Waals surface area contributed by atoms with Gasteiger partial charge < -0.3 is 20.7 Å². The number of anilines is 1. The zero-order valence-corrected chi connectivity index (χ0v) is 12.2. The molecular weight excluding hydrogens is 270 g/mol. The minimum Gasteiger partial charge on any atom is -0.450 e. The van der Waals surface area contributed by atoms with Crippen LogP contribution >= 0.6 is 0 Å². The first-order valence-corrected chi connectivity index (χ1v) is 7.18. The fourth-order valence-corrected chi connectivity index (χ4v) is 2.32. The van der Waals surface area contributed by atoms with Crippen LogP contribution in [0.3, 0.4) is 0 Å². The van der Waals surface area contributed by atoms with Gasteiger partial charge in [0.25, 0.3) is 5.91 Å². The third kappa shape index (κ3) is 4.11. The summed E-state index contributed by atoms with van der Waals surface area (Å²) in [6.07, 6.45) is 1.19. The van der Waals surface area contributed by atoms with E-state index in [4.69, 9.17) is 10.5 Å². The Morgan fingerprint density at radius 2 is 1.90 bits per heavy atom. The van der Waals surface area contributed by atoms with Gasteiger partial charge in [-0.1, -0.05) is 0 Å². The lowest BCUT2D eigenvalue weighted by molar-refractivity contribution is 0.0860. The Morgan fingerprint density at radius 1 is 1.29 bits per heavy atom.